The number of carbonyl (C=O) groups is 3. The maximum Gasteiger partial charge on any atom is 0.337 e. The van der Waals surface area contributed by atoms with Gasteiger partial charge in [-0.2, -0.15) is 5.26 Å². The normalized spacial score (nSPS) is 17.1. The van der Waals surface area contributed by atoms with Crippen LogP contribution in [0.25, 0.3) is 0 Å². The van der Waals surface area contributed by atoms with Crippen LogP contribution in [0.1, 0.15) is 41.3 Å². The van der Waals surface area contributed by atoms with Crippen LogP contribution >= 0.6 is 23.1 Å². The van der Waals surface area contributed by atoms with Gasteiger partial charge in [0.25, 0.3) is 0 Å². The number of anilines is 2. The van der Waals surface area contributed by atoms with E-state index in [1.54, 1.807) is 41.3 Å². The number of esters is 1. The molecule has 13 heteroatoms. The molecule has 1 aromatic carbocycles. The first kappa shape index (κ1) is 26.2. The standard InChI is InChI=1S/C26H22N6O5S2/c1-36-24(35)14-7-9-15(10-8-14)29-20(34)13-38-26-31-30-25(39-26)32-17-4-2-5-18(33)22(17)21(16(12-27)23(32)28)19-6-3-11-37-19/h3,6-11,21H,2,4-5,13,28H2,1H3,(H,29,34). The zero-order valence-corrected chi connectivity index (χ0v) is 22.3. The highest BCUT2D eigenvalue weighted by molar-refractivity contribution is 8.01. The van der Waals surface area contributed by atoms with E-state index < -0.39 is 11.9 Å². The predicted molar refractivity (Wildman–Crippen MR) is 144 cm³/mol. The number of ether oxygens (including phenoxy) is 1. The molecule has 1 atom stereocenters. The number of furan rings is 1. The zero-order valence-electron chi connectivity index (χ0n) is 20.7. The molecule has 1 amide bonds. The summed E-state index contributed by atoms with van der Waals surface area (Å²) < 4.78 is 10.8. The Morgan fingerprint density at radius 2 is 2.08 bits per heavy atom. The lowest BCUT2D eigenvalue weighted by atomic mass is 9.78. The molecule has 39 heavy (non-hydrogen) atoms. The average Bonchev–Trinajstić information content (AvgIpc) is 3.64. The lowest BCUT2D eigenvalue weighted by Crippen LogP contribution is -2.38. The van der Waals surface area contributed by atoms with Gasteiger partial charge in [-0.15, -0.1) is 10.2 Å². The number of methoxy groups -OCH3 is 1. The van der Waals surface area contributed by atoms with Crippen molar-refractivity contribution in [3.63, 3.8) is 0 Å². The van der Waals surface area contributed by atoms with E-state index in [1.807, 2.05) is 0 Å². The first-order valence-electron chi connectivity index (χ1n) is 11.8. The summed E-state index contributed by atoms with van der Waals surface area (Å²) in [5.41, 5.74) is 8.81. The minimum atomic E-state index is -0.670. The number of aromatic nitrogens is 2. The molecule has 198 valence electrons. The van der Waals surface area contributed by atoms with Gasteiger partial charge >= 0.3 is 5.97 Å². The van der Waals surface area contributed by atoms with Gasteiger partial charge in [-0.25, -0.2) is 4.79 Å². The van der Waals surface area contributed by atoms with Crippen molar-refractivity contribution in [2.45, 2.75) is 29.5 Å². The Labute approximate surface area is 231 Å². The molecule has 3 heterocycles. The van der Waals surface area contributed by atoms with Gasteiger partial charge in [0.05, 0.1) is 42.2 Å². The SMILES string of the molecule is COC(=O)c1ccc(NC(=O)CSc2nnc(N3C(N)=C(C#N)C(c4ccco4)C4=C3CCCC4=O)s2)cc1. The number of thioether (sulfide) groups is 1. The molecule has 0 bridgehead atoms. The molecule has 0 fully saturated rings. The molecule has 2 aromatic heterocycles. The molecule has 0 saturated carbocycles. The highest BCUT2D eigenvalue weighted by Crippen LogP contribution is 2.47. The lowest BCUT2D eigenvalue weighted by Gasteiger charge is -2.37. The quantitative estimate of drug-likeness (QED) is 0.316. The van der Waals surface area contributed by atoms with E-state index in [9.17, 15) is 19.6 Å². The molecule has 5 rings (SSSR count). The number of hydrogen-bond acceptors (Lipinski definition) is 12. The molecular formula is C26H22N6O5S2. The molecule has 3 N–H and O–H groups in total. The molecule has 0 spiro atoms. The van der Waals surface area contributed by atoms with E-state index in [4.69, 9.17) is 10.2 Å². The molecular weight excluding hydrogens is 540 g/mol. The van der Waals surface area contributed by atoms with Gasteiger partial charge in [0.1, 0.15) is 11.6 Å². The fourth-order valence-electron chi connectivity index (χ4n) is 4.53. The summed E-state index contributed by atoms with van der Waals surface area (Å²) in [7, 11) is 1.30. The monoisotopic (exact) mass is 562 g/mol. The van der Waals surface area contributed by atoms with Crippen molar-refractivity contribution < 1.29 is 23.5 Å². The number of rotatable bonds is 7. The molecule has 11 nitrogen and oxygen atoms in total. The number of carbonyl (C=O) groups excluding carboxylic acids is 3. The zero-order chi connectivity index (χ0) is 27.5. The highest BCUT2D eigenvalue weighted by atomic mass is 32.2. The highest BCUT2D eigenvalue weighted by Gasteiger charge is 2.42. The average molecular weight is 563 g/mol. The Balaban J connectivity index is 1.33. The third-order valence-corrected chi connectivity index (χ3v) is 8.29. The third-order valence-electron chi connectivity index (χ3n) is 6.24. The Bertz CT molecular complexity index is 1540. The van der Waals surface area contributed by atoms with Gasteiger partial charge in [0.2, 0.25) is 11.0 Å². The molecule has 0 radical (unpaired) electrons. The maximum absolute atomic E-state index is 13.1. The maximum atomic E-state index is 13.1. The van der Waals surface area contributed by atoms with Gasteiger partial charge in [-0.3, -0.25) is 14.5 Å². The fourth-order valence-corrected chi connectivity index (χ4v) is 6.21. The topological polar surface area (TPSA) is 164 Å². The number of ketones is 1. The second-order valence-electron chi connectivity index (χ2n) is 8.59. The number of nitrogens with two attached hydrogens (primary N) is 1. The van der Waals surface area contributed by atoms with Crippen LogP contribution < -0.4 is 16.0 Å². The minimum absolute atomic E-state index is 0.0571. The van der Waals surface area contributed by atoms with Crippen molar-refractivity contribution in [1.82, 2.24) is 10.2 Å². The van der Waals surface area contributed by atoms with Crippen LogP contribution in [-0.2, 0) is 14.3 Å². The van der Waals surface area contributed by atoms with Crippen molar-refractivity contribution >= 4 is 51.6 Å². The predicted octanol–water partition coefficient (Wildman–Crippen LogP) is 3.95. The third kappa shape index (κ3) is 5.16. The second kappa shape index (κ2) is 11.1. The summed E-state index contributed by atoms with van der Waals surface area (Å²) in [5, 5.41) is 21.6. The summed E-state index contributed by atoms with van der Waals surface area (Å²) in [5.74, 6) is -0.733. The van der Waals surface area contributed by atoms with Crippen molar-refractivity contribution in [2.75, 3.05) is 23.1 Å². The number of Topliss-reactive ketones (excluding diaryl/α,β-unsaturated/α-hetero) is 1. The van der Waals surface area contributed by atoms with Crippen LogP contribution in [0.3, 0.4) is 0 Å². The summed E-state index contributed by atoms with van der Waals surface area (Å²) in [6, 6.07) is 12.0. The number of nitrogens with one attached hydrogen (secondary N) is 1. The van der Waals surface area contributed by atoms with Crippen molar-refractivity contribution in [3.05, 3.63) is 76.6 Å². The molecule has 0 saturated heterocycles. The van der Waals surface area contributed by atoms with Gasteiger partial charge in [-0.05, 0) is 49.2 Å². The molecule has 1 aliphatic heterocycles. The molecule has 2 aliphatic rings. The smallest absolute Gasteiger partial charge is 0.337 e. The first-order valence-corrected chi connectivity index (χ1v) is 13.7. The Hall–Kier alpha value is -4.41. The van der Waals surface area contributed by atoms with Crippen molar-refractivity contribution in [3.8, 4) is 6.07 Å². The molecule has 3 aromatic rings. The van der Waals surface area contributed by atoms with Crippen molar-refractivity contribution in [2.24, 2.45) is 5.73 Å². The van der Waals surface area contributed by atoms with Crippen LogP contribution in [0.4, 0.5) is 10.8 Å². The largest absolute Gasteiger partial charge is 0.468 e. The van der Waals surface area contributed by atoms with Gasteiger partial charge in [0, 0.05) is 23.4 Å². The van der Waals surface area contributed by atoms with E-state index in [2.05, 4.69) is 26.3 Å². The minimum Gasteiger partial charge on any atom is -0.468 e. The first-order chi connectivity index (χ1) is 18.9. The van der Waals surface area contributed by atoms with E-state index in [1.165, 1.54) is 36.5 Å². The van der Waals surface area contributed by atoms with Crippen LogP contribution in [0.5, 0.6) is 0 Å². The fraction of sp³-hybridized carbons (Fsp3) is 0.231. The van der Waals surface area contributed by atoms with E-state index in [0.717, 1.165) is 0 Å². The Morgan fingerprint density at radius 1 is 1.28 bits per heavy atom. The van der Waals surface area contributed by atoms with Gasteiger partial charge in [0.15, 0.2) is 10.1 Å². The summed E-state index contributed by atoms with van der Waals surface area (Å²) >= 11 is 2.40. The van der Waals surface area contributed by atoms with Crippen LogP contribution in [0.15, 0.2) is 74.1 Å². The van der Waals surface area contributed by atoms with Crippen molar-refractivity contribution in [1.29, 1.82) is 5.26 Å². The number of nitrogens with zero attached hydrogens (tertiary/aromatic N) is 4. The molecule has 1 unspecified atom stereocenters. The summed E-state index contributed by atoms with van der Waals surface area (Å²) in [6.07, 6.45) is 3.11. The van der Waals surface area contributed by atoms with Gasteiger partial charge in [-0.1, -0.05) is 23.1 Å². The second-order valence-corrected chi connectivity index (χ2v) is 10.8. The van der Waals surface area contributed by atoms with E-state index in [0.29, 0.717) is 57.0 Å². The van der Waals surface area contributed by atoms with E-state index >= 15 is 0 Å². The Morgan fingerprint density at radius 3 is 2.77 bits per heavy atom. The Kier molecular flexibility index (Phi) is 7.49. The van der Waals surface area contributed by atoms with Crippen LogP contribution in [0, 0.1) is 11.3 Å². The molecule has 1 aliphatic carbocycles. The van der Waals surface area contributed by atoms with Crippen LogP contribution in [-0.4, -0.2) is 40.7 Å². The summed E-state index contributed by atoms with van der Waals surface area (Å²) in [4.78, 5) is 38.8. The number of amides is 1. The lowest BCUT2D eigenvalue weighted by molar-refractivity contribution is -0.116. The number of allylic oxidation sites excluding steroid dienone is 3. The number of benzene rings is 1. The van der Waals surface area contributed by atoms with Crippen LogP contribution in [0.2, 0.25) is 0 Å². The number of hydrogen-bond donors (Lipinski definition) is 2. The number of nitriles is 1. The summed E-state index contributed by atoms with van der Waals surface area (Å²) in [6.45, 7) is 0. The van der Waals surface area contributed by atoms with Gasteiger partial charge < -0.3 is 20.2 Å². The van der Waals surface area contributed by atoms with E-state index in [-0.39, 0.29) is 28.8 Å².